The molecule has 1 amide bonds. The van der Waals surface area contributed by atoms with Gasteiger partial charge in [-0.2, -0.15) is 0 Å². The number of hydrogen-bond acceptors (Lipinski definition) is 5. The Morgan fingerprint density at radius 2 is 1.78 bits per heavy atom. The summed E-state index contributed by atoms with van der Waals surface area (Å²) in [6, 6.07) is 15.9. The molecule has 6 heteroatoms. The fraction of sp³-hybridized carbons (Fsp3) is 0.381. The number of amides is 1. The van der Waals surface area contributed by atoms with Crippen molar-refractivity contribution in [3.05, 3.63) is 48.5 Å². The van der Waals surface area contributed by atoms with Crippen molar-refractivity contribution >= 4 is 29.0 Å². The number of nitrogens with zero attached hydrogens (tertiary/aromatic N) is 2. The van der Waals surface area contributed by atoms with E-state index >= 15 is 0 Å². The molecule has 0 bridgehead atoms. The molecule has 0 radical (unpaired) electrons. The van der Waals surface area contributed by atoms with Crippen LogP contribution in [0.2, 0.25) is 0 Å². The van der Waals surface area contributed by atoms with E-state index in [0.717, 1.165) is 48.2 Å². The number of carbonyl (C=O) groups is 1. The molecule has 1 saturated heterocycles. The Hall–Kier alpha value is -2.18. The van der Waals surface area contributed by atoms with Gasteiger partial charge in [-0.1, -0.05) is 12.1 Å². The van der Waals surface area contributed by atoms with Gasteiger partial charge in [0.05, 0.1) is 23.7 Å². The van der Waals surface area contributed by atoms with Gasteiger partial charge in [0.25, 0.3) is 0 Å². The van der Waals surface area contributed by atoms with Crippen LogP contribution in [0, 0.1) is 0 Å². The average molecular weight is 386 g/mol. The molecule has 0 saturated carbocycles. The number of para-hydroxylation sites is 2. The lowest BCUT2D eigenvalue weighted by Gasteiger charge is -2.35. The SMILES string of the molecule is CCOc1ccc(SCC(=O)Nc2ccccc2N2CCN(C)CC2)cc1. The first-order chi connectivity index (χ1) is 13.2. The predicted molar refractivity (Wildman–Crippen MR) is 113 cm³/mol. The number of hydrogen-bond donors (Lipinski definition) is 1. The quantitative estimate of drug-likeness (QED) is 0.738. The third-order valence-electron chi connectivity index (χ3n) is 4.53. The number of nitrogens with one attached hydrogen (secondary N) is 1. The first-order valence-corrected chi connectivity index (χ1v) is 10.3. The predicted octanol–water partition coefficient (Wildman–Crippen LogP) is 3.57. The van der Waals surface area contributed by atoms with Crippen LogP contribution in [-0.2, 0) is 4.79 Å². The summed E-state index contributed by atoms with van der Waals surface area (Å²) >= 11 is 1.53. The Balaban J connectivity index is 1.56. The molecule has 1 heterocycles. The first kappa shape index (κ1) is 19.6. The van der Waals surface area contributed by atoms with Crippen LogP contribution in [-0.4, -0.2) is 56.4 Å². The van der Waals surface area contributed by atoms with Crippen LogP contribution >= 0.6 is 11.8 Å². The summed E-state index contributed by atoms with van der Waals surface area (Å²) in [7, 11) is 2.14. The first-order valence-electron chi connectivity index (χ1n) is 9.33. The number of ether oxygens (including phenoxy) is 1. The second kappa shape index (κ2) is 9.67. The maximum absolute atomic E-state index is 12.5. The Bertz CT molecular complexity index is 743. The zero-order valence-electron chi connectivity index (χ0n) is 16.0. The van der Waals surface area contributed by atoms with Gasteiger partial charge in [-0.15, -0.1) is 11.8 Å². The number of thioether (sulfide) groups is 1. The van der Waals surface area contributed by atoms with E-state index in [9.17, 15) is 4.79 Å². The van der Waals surface area contributed by atoms with E-state index in [-0.39, 0.29) is 5.91 Å². The van der Waals surface area contributed by atoms with Crippen LogP contribution in [0.5, 0.6) is 5.75 Å². The molecule has 3 rings (SSSR count). The van der Waals surface area contributed by atoms with Gasteiger partial charge in [0.15, 0.2) is 0 Å². The molecule has 2 aromatic rings. The highest BCUT2D eigenvalue weighted by atomic mass is 32.2. The van der Waals surface area contributed by atoms with Crippen molar-refractivity contribution in [1.82, 2.24) is 4.90 Å². The average Bonchev–Trinajstić information content (AvgIpc) is 2.69. The standard InChI is InChI=1S/C21H27N3O2S/c1-3-26-17-8-10-18(11-9-17)27-16-21(25)22-19-6-4-5-7-20(19)24-14-12-23(2)13-15-24/h4-11H,3,12-16H2,1-2H3,(H,22,25). The minimum Gasteiger partial charge on any atom is -0.494 e. The highest BCUT2D eigenvalue weighted by Crippen LogP contribution is 2.27. The molecule has 0 aliphatic carbocycles. The molecule has 27 heavy (non-hydrogen) atoms. The molecule has 0 unspecified atom stereocenters. The minimum absolute atomic E-state index is 0.00969. The third-order valence-corrected chi connectivity index (χ3v) is 5.54. The van der Waals surface area contributed by atoms with Gasteiger partial charge in [-0.25, -0.2) is 0 Å². The number of carbonyl (C=O) groups excluding carboxylic acids is 1. The summed E-state index contributed by atoms with van der Waals surface area (Å²) in [5.41, 5.74) is 1.99. The third kappa shape index (κ3) is 5.65. The van der Waals surface area contributed by atoms with Crippen molar-refractivity contribution < 1.29 is 9.53 Å². The Morgan fingerprint density at radius 1 is 1.07 bits per heavy atom. The van der Waals surface area contributed by atoms with E-state index < -0.39 is 0 Å². The van der Waals surface area contributed by atoms with E-state index in [1.807, 2.05) is 49.4 Å². The van der Waals surface area contributed by atoms with Gasteiger partial charge in [0.1, 0.15) is 5.75 Å². The maximum Gasteiger partial charge on any atom is 0.234 e. The van der Waals surface area contributed by atoms with Crippen LogP contribution in [0.15, 0.2) is 53.4 Å². The lowest BCUT2D eigenvalue weighted by molar-refractivity contribution is -0.113. The normalized spacial score (nSPS) is 14.8. The van der Waals surface area contributed by atoms with Crippen LogP contribution in [0.1, 0.15) is 6.92 Å². The molecule has 5 nitrogen and oxygen atoms in total. The molecule has 2 aromatic carbocycles. The zero-order valence-corrected chi connectivity index (χ0v) is 16.8. The lowest BCUT2D eigenvalue weighted by atomic mass is 10.2. The van der Waals surface area contributed by atoms with Crippen molar-refractivity contribution in [2.24, 2.45) is 0 Å². The number of anilines is 2. The summed E-state index contributed by atoms with van der Waals surface area (Å²) in [5, 5.41) is 3.08. The van der Waals surface area contributed by atoms with Crippen LogP contribution < -0.4 is 15.0 Å². The number of benzene rings is 2. The Labute approximate surface area is 165 Å². The van der Waals surface area contributed by atoms with Crippen molar-refractivity contribution in [2.75, 3.05) is 55.8 Å². The van der Waals surface area contributed by atoms with Gasteiger partial charge in [0, 0.05) is 31.1 Å². The second-order valence-corrected chi connectivity index (χ2v) is 7.60. The lowest BCUT2D eigenvalue weighted by Crippen LogP contribution is -2.44. The maximum atomic E-state index is 12.5. The fourth-order valence-electron chi connectivity index (χ4n) is 3.04. The fourth-order valence-corrected chi connectivity index (χ4v) is 3.73. The number of likely N-dealkylation sites (N-methyl/N-ethyl adjacent to an activating group) is 1. The monoisotopic (exact) mass is 385 g/mol. The summed E-state index contributed by atoms with van der Waals surface area (Å²) in [6.45, 7) is 6.65. The van der Waals surface area contributed by atoms with E-state index in [1.54, 1.807) is 0 Å². The van der Waals surface area contributed by atoms with Crippen molar-refractivity contribution in [3.63, 3.8) is 0 Å². The molecular weight excluding hydrogens is 358 g/mol. The minimum atomic E-state index is 0.00969. The number of rotatable bonds is 7. The molecule has 0 aromatic heterocycles. The van der Waals surface area contributed by atoms with E-state index in [4.69, 9.17) is 4.74 Å². The van der Waals surface area contributed by atoms with Gasteiger partial charge >= 0.3 is 0 Å². The van der Waals surface area contributed by atoms with Gasteiger partial charge in [-0.05, 0) is 50.4 Å². The largest absolute Gasteiger partial charge is 0.494 e. The molecule has 1 fully saturated rings. The van der Waals surface area contributed by atoms with Gasteiger partial charge in [0.2, 0.25) is 5.91 Å². The molecular formula is C21H27N3O2S. The van der Waals surface area contributed by atoms with Crippen molar-refractivity contribution in [1.29, 1.82) is 0 Å². The van der Waals surface area contributed by atoms with E-state index in [0.29, 0.717) is 12.4 Å². The van der Waals surface area contributed by atoms with E-state index in [2.05, 4.69) is 28.2 Å². The zero-order chi connectivity index (χ0) is 19.1. The second-order valence-electron chi connectivity index (χ2n) is 6.55. The topological polar surface area (TPSA) is 44.8 Å². The molecule has 0 atom stereocenters. The van der Waals surface area contributed by atoms with Gasteiger partial charge < -0.3 is 19.9 Å². The summed E-state index contributed by atoms with van der Waals surface area (Å²) in [6.07, 6.45) is 0. The van der Waals surface area contributed by atoms with Crippen LogP contribution in [0.3, 0.4) is 0 Å². The molecule has 1 aliphatic rings. The van der Waals surface area contributed by atoms with Crippen LogP contribution in [0.4, 0.5) is 11.4 Å². The molecule has 0 spiro atoms. The highest BCUT2D eigenvalue weighted by molar-refractivity contribution is 8.00. The molecule has 1 aliphatic heterocycles. The molecule has 1 N–H and O–H groups in total. The summed E-state index contributed by atoms with van der Waals surface area (Å²) in [4.78, 5) is 18.2. The summed E-state index contributed by atoms with van der Waals surface area (Å²) < 4.78 is 5.45. The Morgan fingerprint density at radius 3 is 2.48 bits per heavy atom. The van der Waals surface area contributed by atoms with E-state index in [1.165, 1.54) is 11.8 Å². The number of piperazine rings is 1. The van der Waals surface area contributed by atoms with Crippen molar-refractivity contribution in [3.8, 4) is 5.75 Å². The summed E-state index contributed by atoms with van der Waals surface area (Å²) in [5.74, 6) is 1.24. The Kier molecular flexibility index (Phi) is 7.01. The molecule has 144 valence electrons. The van der Waals surface area contributed by atoms with Crippen LogP contribution in [0.25, 0.3) is 0 Å². The smallest absolute Gasteiger partial charge is 0.234 e. The van der Waals surface area contributed by atoms with Gasteiger partial charge in [-0.3, -0.25) is 4.79 Å². The highest BCUT2D eigenvalue weighted by Gasteiger charge is 2.17. The van der Waals surface area contributed by atoms with Crippen molar-refractivity contribution in [2.45, 2.75) is 11.8 Å².